The maximum atomic E-state index is 5.19. The summed E-state index contributed by atoms with van der Waals surface area (Å²) in [6.07, 6.45) is 3.86. The first kappa shape index (κ1) is 22.0. The zero-order valence-corrected chi connectivity index (χ0v) is 18.1. The van der Waals surface area contributed by atoms with Crippen molar-refractivity contribution < 1.29 is 4.74 Å². The van der Waals surface area contributed by atoms with Gasteiger partial charge >= 0.3 is 0 Å². The molecule has 142 valence electrons. The van der Waals surface area contributed by atoms with E-state index >= 15 is 0 Å². The van der Waals surface area contributed by atoms with Gasteiger partial charge in [-0.15, -0.1) is 24.0 Å². The predicted molar refractivity (Wildman–Crippen MR) is 116 cm³/mol. The van der Waals surface area contributed by atoms with Gasteiger partial charge in [-0.2, -0.15) is 0 Å². The molecule has 0 spiro atoms. The van der Waals surface area contributed by atoms with Gasteiger partial charge in [-0.3, -0.25) is 0 Å². The Kier molecular flexibility index (Phi) is 10.9. The molecule has 0 unspecified atom stereocenters. The lowest BCUT2D eigenvalue weighted by molar-refractivity contribution is 0.213. The highest BCUT2D eigenvalue weighted by Crippen LogP contribution is 2.18. The first-order chi connectivity index (χ1) is 11.7. The summed E-state index contributed by atoms with van der Waals surface area (Å²) in [6, 6.07) is 8.07. The van der Waals surface area contributed by atoms with Gasteiger partial charge in [-0.25, -0.2) is 4.99 Å². The molecule has 0 atom stereocenters. The standard InChI is InChI=1S/C19H32N4O.HI/c1-4-20-19(21-12-9-16-10-13-23(2)14-11-16)22-15-17-5-7-18(24-3)8-6-17;/h5-8,16H,4,9-15H2,1-3H3,(H2,20,21,22);1H. The number of halogens is 1. The fraction of sp³-hybridized carbons (Fsp3) is 0.632. The van der Waals surface area contributed by atoms with E-state index in [1.807, 2.05) is 12.1 Å². The van der Waals surface area contributed by atoms with Gasteiger partial charge in [0.2, 0.25) is 0 Å². The second kappa shape index (κ2) is 12.4. The highest BCUT2D eigenvalue weighted by atomic mass is 127. The molecule has 0 saturated carbocycles. The van der Waals surface area contributed by atoms with Gasteiger partial charge in [0.25, 0.3) is 0 Å². The van der Waals surface area contributed by atoms with E-state index in [1.54, 1.807) is 7.11 Å². The van der Waals surface area contributed by atoms with E-state index in [4.69, 9.17) is 4.74 Å². The third-order valence-electron chi connectivity index (χ3n) is 4.61. The number of nitrogens with zero attached hydrogens (tertiary/aromatic N) is 2. The summed E-state index contributed by atoms with van der Waals surface area (Å²) in [4.78, 5) is 7.10. The van der Waals surface area contributed by atoms with Gasteiger partial charge in [-0.05, 0) is 69.9 Å². The van der Waals surface area contributed by atoms with E-state index in [-0.39, 0.29) is 24.0 Å². The average Bonchev–Trinajstić information content (AvgIpc) is 2.62. The molecule has 1 aliphatic rings. The van der Waals surface area contributed by atoms with Crippen LogP contribution in [-0.2, 0) is 6.54 Å². The van der Waals surface area contributed by atoms with Crippen molar-refractivity contribution in [2.45, 2.75) is 32.7 Å². The van der Waals surface area contributed by atoms with Gasteiger partial charge in [-0.1, -0.05) is 12.1 Å². The first-order valence-corrected chi connectivity index (χ1v) is 9.05. The molecular formula is C19H33IN4O. The molecule has 25 heavy (non-hydrogen) atoms. The maximum Gasteiger partial charge on any atom is 0.191 e. The smallest absolute Gasteiger partial charge is 0.191 e. The lowest BCUT2D eigenvalue weighted by Gasteiger charge is -2.29. The Balaban J connectivity index is 0.00000312. The van der Waals surface area contributed by atoms with Crippen LogP contribution in [0.15, 0.2) is 29.3 Å². The summed E-state index contributed by atoms with van der Waals surface area (Å²) in [5.74, 6) is 2.63. The molecule has 0 amide bonds. The monoisotopic (exact) mass is 460 g/mol. The Bertz CT molecular complexity index is 499. The molecule has 0 aliphatic carbocycles. The number of nitrogens with one attached hydrogen (secondary N) is 2. The van der Waals surface area contributed by atoms with Crippen molar-refractivity contribution in [2.24, 2.45) is 10.9 Å². The molecule has 1 fully saturated rings. The summed E-state index contributed by atoms with van der Waals surface area (Å²) in [7, 11) is 3.90. The maximum absolute atomic E-state index is 5.19. The van der Waals surface area contributed by atoms with Crippen molar-refractivity contribution in [3.05, 3.63) is 29.8 Å². The quantitative estimate of drug-likeness (QED) is 0.373. The largest absolute Gasteiger partial charge is 0.497 e. The molecule has 1 aromatic rings. The summed E-state index contributed by atoms with van der Waals surface area (Å²) < 4.78 is 5.19. The molecule has 5 nitrogen and oxygen atoms in total. The van der Waals surface area contributed by atoms with E-state index in [1.165, 1.54) is 37.9 Å². The highest BCUT2D eigenvalue weighted by molar-refractivity contribution is 14.0. The molecule has 0 bridgehead atoms. The van der Waals surface area contributed by atoms with Crippen LogP contribution in [0.5, 0.6) is 5.75 Å². The van der Waals surface area contributed by atoms with Crippen molar-refractivity contribution >= 4 is 29.9 Å². The number of hydrogen-bond acceptors (Lipinski definition) is 3. The van der Waals surface area contributed by atoms with Crippen molar-refractivity contribution in [1.29, 1.82) is 0 Å². The second-order valence-electron chi connectivity index (χ2n) is 6.51. The summed E-state index contributed by atoms with van der Waals surface area (Å²) in [5.41, 5.74) is 1.18. The Hall–Kier alpha value is -1.02. The number of aliphatic imine (C=N–C) groups is 1. The van der Waals surface area contributed by atoms with Crippen LogP contribution in [-0.4, -0.2) is 51.2 Å². The zero-order valence-electron chi connectivity index (χ0n) is 15.8. The average molecular weight is 460 g/mol. The van der Waals surface area contributed by atoms with Crippen LogP contribution in [0.3, 0.4) is 0 Å². The lowest BCUT2D eigenvalue weighted by atomic mass is 9.94. The minimum absolute atomic E-state index is 0. The van der Waals surface area contributed by atoms with Gasteiger partial charge in [0.05, 0.1) is 13.7 Å². The van der Waals surface area contributed by atoms with E-state index < -0.39 is 0 Å². The Morgan fingerprint density at radius 2 is 1.88 bits per heavy atom. The number of piperidine rings is 1. The molecule has 2 rings (SSSR count). The topological polar surface area (TPSA) is 48.9 Å². The fourth-order valence-corrected chi connectivity index (χ4v) is 2.99. The number of benzene rings is 1. The number of rotatable bonds is 7. The number of likely N-dealkylation sites (tertiary alicyclic amines) is 1. The fourth-order valence-electron chi connectivity index (χ4n) is 2.99. The van der Waals surface area contributed by atoms with E-state index in [0.717, 1.165) is 30.7 Å². The number of hydrogen-bond donors (Lipinski definition) is 2. The van der Waals surface area contributed by atoms with Crippen LogP contribution in [0.2, 0.25) is 0 Å². The summed E-state index contributed by atoms with van der Waals surface area (Å²) in [6.45, 7) is 7.10. The van der Waals surface area contributed by atoms with Crippen molar-refractivity contribution in [3.63, 3.8) is 0 Å². The van der Waals surface area contributed by atoms with Crippen LogP contribution in [0.1, 0.15) is 31.7 Å². The zero-order chi connectivity index (χ0) is 17.2. The van der Waals surface area contributed by atoms with Gasteiger partial charge < -0.3 is 20.3 Å². The summed E-state index contributed by atoms with van der Waals surface area (Å²) >= 11 is 0. The van der Waals surface area contributed by atoms with Crippen LogP contribution in [0.4, 0.5) is 0 Å². The third kappa shape index (κ3) is 8.27. The van der Waals surface area contributed by atoms with E-state index in [2.05, 4.69) is 46.6 Å². The van der Waals surface area contributed by atoms with Crippen LogP contribution in [0.25, 0.3) is 0 Å². The normalized spacial score (nSPS) is 16.2. The molecule has 1 saturated heterocycles. The lowest BCUT2D eigenvalue weighted by Crippen LogP contribution is -2.39. The number of ether oxygens (including phenoxy) is 1. The van der Waals surface area contributed by atoms with Gasteiger partial charge in [0.15, 0.2) is 5.96 Å². The number of methoxy groups -OCH3 is 1. The molecule has 1 aliphatic heterocycles. The molecule has 1 heterocycles. The molecule has 6 heteroatoms. The molecule has 0 aromatic heterocycles. The third-order valence-corrected chi connectivity index (χ3v) is 4.61. The second-order valence-corrected chi connectivity index (χ2v) is 6.51. The van der Waals surface area contributed by atoms with Gasteiger partial charge in [0, 0.05) is 13.1 Å². The van der Waals surface area contributed by atoms with Crippen molar-refractivity contribution in [3.8, 4) is 5.75 Å². The van der Waals surface area contributed by atoms with Crippen LogP contribution >= 0.6 is 24.0 Å². The van der Waals surface area contributed by atoms with Crippen molar-refractivity contribution in [1.82, 2.24) is 15.5 Å². The minimum Gasteiger partial charge on any atom is -0.497 e. The summed E-state index contributed by atoms with van der Waals surface area (Å²) in [5, 5.41) is 6.80. The molecule has 2 N–H and O–H groups in total. The minimum atomic E-state index is 0. The predicted octanol–water partition coefficient (Wildman–Crippen LogP) is 3.10. The first-order valence-electron chi connectivity index (χ1n) is 9.05. The van der Waals surface area contributed by atoms with Crippen molar-refractivity contribution in [2.75, 3.05) is 40.3 Å². The SMILES string of the molecule is CCNC(=NCc1ccc(OC)cc1)NCCC1CCN(C)CC1.I. The Morgan fingerprint density at radius 1 is 1.20 bits per heavy atom. The van der Waals surface area contributed by atoms with Crippen LogP contribution < -0.4 is 15.4 Å². The molecular weight excluding hydrogens is 427 g/mol. The van der Waals surface area contributed by atoms with E-state index in [9.17, 15) is 0 Å². The van der Waals surface area contributed by atoms with Gasteiger partial charge in [0.1, 0.15) is 5.75 Å². The number of guanidine groups is 1. The Labute approximate surface area is 169 Å². The highest BCUT2D eigenvalue weighted by Gasteiger charge is 2.16. The van der Waals surface area contributed by atoms with E-state index in [0.29, 0.717) is 6.54 Å². The molecule has 1 aromatic carbocycles. The molecule has 0 radical (unpaired) electrons. The van der Waals surface area contributed by atoms with Crippen LogP contribution in [0, 0.1) is 5.92 Å². The Morgan fingerprint density at radius 3 is 2.48 bits per heavy atom.